The van der Waals surface area contributed by atoms with Crippen molar-refractivity contribution in [2.24, 2.45) is 0 Å². The van der Waals surface area contributed by atoms with Gasteiger partial charge in [-0.2, -0.15) is 0 Å². The summed E-state index contributed by atoms with van der Waals surface area (Å²) in [6.07, 6.45) is 44.5. The second-order valence-electron chi connectivity index (χ2n) is 13.7. The summed E-state index contributed by atoms with van der Waals surface area (Å²) in [6, 6.07) is 0. The molecule has 0 amide bonds. The maximum Gasteiger partial charge on any atom is 0.306 e. The van der Waals surface area contributed by atoms with Crippen molar-refractivity contribution in [2.45, 2.75) is 225 Å². The third-order valence-electron chi connectivity index (χ3n) is 9.12. The maximum absolute atomic E-state index is 12.4. The van der Waals surface area contributed by atoms with Gasteiger partial charge in [0.2, 0.25) is 0 Å². The van der Waals surface area contributed by atoms with Gasteiger partial charge >= 0.3 is 11.9 Å². The first-order valence-corrected chi connectivity index (χ1v) is 20.3. The summed E-state index contributed by atoms with van der Waals surface area (Å²) in [5, 5.41) is 0. The van der Waals surface area contributed by atoms with Crippen LogP contribution in [-0.4, -0.2) is 24.6 Å². The lowest BCUT2D eigenvalue weighted by atomic mass is 10.0. The number of hydrogen-bond donors (Lipinski definition) is 0. The standard InChI is InChI=1S/C42H78O4/c1-4-7-10-12-14-16-18-20-22-24-26-28-30-32-34-37-41(43)45-39-40(36-9-6-3)46-42(44)38-35-33-31-29-27-25-23-21-19-17-15-13-11-8-5-2/h6,9,36,40H,3-5,7-8,10-35,37-39H2,1-2H3/b36-9+/t40-/m0/s1. The van der Waals surface area contributed by atoms with E-state index in [2.05, 4.69) is 20.4 Å². The van der Waals surface area contributed by atoms with Crippen molar-refractivity contribution in [3.8, 4) is 0 Å². The molecule has 46 heavy (non-hydrogen) atoms. The minimum Gasteiger partial charge on any atom is -0.461 e. The molecule has 0 bridgehead atoms. The lowest BCUT2D eigenvalue weighted by molar-refractivity contribution is -0.156. The summed E-state index contributed by atoms with van der Waals surface area (Å²) in [5.74, 6) is -0.419. The molecule has 0 aliphatic rings. The SMILES string of the molecule is C=C/C=C/[C@@H](COC(=O)CCCCCCCCCCCCCCCCC)OC(=O)CCCCCCCCCCCCCCCCC. The molecule has 0 fully saturated rings. The highest BCUT2D eigenvalue weighted by molar-refractivity contribution is 5.70. The molecule has 0 radical (unpaired) electrons. The molecule has 0 aromatic rings. The molecule has 1 atom stereocenters. The zero-order valence-corrected chi connectivity index (χ0v) is 31.0. The summed E-state index contributed by atoms with van der Waals surface area (Å²) >= 11 is 0. The van der Waals surface area contributed by atoms with E-state index in [1.807, 2.05) is 0 Å². The van der Waals surface area contributed by atoms with E-state index in [4.69, 9.17) is 9.47 Å². The van der Waals surface area contributed by atoms with Crippen LogP contribution in [0.3, 0.4) is 0 Å². The van der Waals surface area contributed by atoms with Crippen LogP contribution in [0.1, 0.15) is 219 Å². The van der Waals surface area contributed by atoms with Gasteiger partial charge in [0.05, 0.1) is 0 Å². The third kappa shape index (κ3) is 35.3. The largest absolute Gasteiger partial charge is 0.461 e. The highest BCUT2D eigenvalue weighted by atomic mass is 16.6. The quantitative estimate of drug-likeness (QED) is 0.0383. The van der Waals surface area contributed by atoms with Crippen molar-refractivity contribution in [2.75, 3.05) is 6.61 Å². The molecule has 0 unspecified atom stereocenters. The molecule has 0 aliphatic heterocycles. The van der Waals surface area contributed by atoms with Crippen LogP contribution in [0.15, 0.2) is 24.8 Å². The Morgan fingerprint density at radius 2 is 0.783 bits per heavy atom. The van der Waals surface area contributed by atoms with Crippen molar-refractivity contribution in [3.05, 3.63) is 24.8 Å². The minimum absolute atomic E-state index is 0.0759. The Kier molecular flexibility index (Phi) is 36.6. The van der Waals surface area contributed by atoms with Crippen molar-refractivity contribution in [1.82, 2.24) is 0 Å². The average molecular weight is 647 g/mol. The predicted octanol–water partition coefficient (Wildman–Crippen LogP) is 13.7. The normalized spacial score (nSPS) is 12.0. The molecule has 0 aromatic carbocycles. The summed E-state index contributed by atoms with van der Waals surface area (Å²) in [4.78, 5) is 24.7. The first kappa shape index (κ1) is 44.4. The summed E-state index contributed by atoms with van der Waals surface area (Å²) in [5.41, 5.74) is 0. The lowest BCUT2D eigenvalue weighted by Crippen LogP contribution is -2.23. The van der Waals surface area contributed by atoms with Gasteiger partial charge in [-0.1, -0.05) is 212 Å². The van der Waals surface area contributed by atoms with E-state index < -0.39 is 6.10 Å². The van der Waals surface area contributed by atoms with Crippen molar-refractivity contribution in [1.29, 1.82) is 0 Å². The molecule has 0 aromatic heterocycles. The van der Waals surface area contributed by atoms with Crippen LogP contribution in [0, 0.1) is 0 Å². The summed E-state index contributed by atoms with van der Waals surface area (Å²) in [7, 11) is 0. The van der Waals surface area contributed by atoms with Crippen LogP contribution >= 0.6 is 0 Å². The zero-order chi connectivity index (χ0) is 33.6. The van der Waals surface area contributed by atoms with Gasteiger partial charge in [-0.25, -0.2) is 0 Å². The van der Waals surface area contributed by atoms with Gasteiger partial charge in [-0.3, -0.25) is 9.59 Å². The Labute approximate surface area is 287 Å². The number of esters is 2. The van der Waals surface area contributed by atoms with Crippen LogP contribution in [0.5, 0.6) is 0 Å². The van der Waals surface area contributed by atoms with Crippen LogP contribution in [0.4, 0.5) is 0 Å². The van der Waals surface area contributed by atoms with Crippen molar-refractivity contribution >= 4 is 11.9 Å². The Bertz CT molecular complexity index is 685. The van der Waals surface area contributed by atoms with E-state index in [1.54, 1.807) is 18.2 Å². The molecule has 0 aliphatic carbocycles. The number of hydrogen-bond acceptors (Lipinski definition) is 4. The average Bonchev–Trinajstić information content (AvgIpc) is 3.05. The highest BCUT2D eigenvalue weighted by Crippen LogP contribution is 2.16. The zero-order valence-electron chi connectivity index (χ0n) is 31.0. The van der Waals surface area contributed by atoms with E-state index in [9.17, 15) is 9.59 Å². The molecule has 0 N–H and O–H groups in total. The number of ether oxygens (including phenoxy) is 2. The number of unbranched alkanes of at least 4 members (excludes halogenated alkanes) is 28. The highest BCUT2D eigenvalue weighted by Gasteiger charge is 2.14. The van der Waals surface area contributed by atoms with E-state index in [0.29, 0.717) is 12.8 Å². The van der Waals surface area contributed by atoms with Gasteiger partial charge in [-0.05, 0) is 18.9 Å². The van der Waals surface area contributed by atoms with Gasteiger partial charge in [0.25, 0.3) is 0 Å². The molecular weight excluding hydrogens is 568 g/mol. The maximum atomic E-state index is 12.4. The molecule has 0 rings (SSSR count). The van der Waals surface area contributed by atoms with E-state index in [1.165, 1.54) is 167 Å². The Hall–Kier alpha value is -1.58. The lowest BCUT2D eigenvalue weighted by Gasteiger charge is -2.15. The number of rotatable bonds is 37. The number of allylic oxidation sites excluding steroid dienone is 2. The first-order valence-electron chi connectivity index (χ1n) is 20.3. The van der Waals surface area contributed by atoms with E-state index in [-0.39, 0.29) is 18.5 Å². The second-order valence-corrected chi connectivity index (χ2v) is 13.7. The first-order chi connectivity index (χ1) is 22.6. The molecule has 270 valence electrons. The Morgan fingerprint density at radius 1 is 0.478 bits per heavy atom. The van der Waals surface area contributed by atoms with Crippen LogP contribution in [-0.2, 0) is 19.1 Å². The Morgan fingerprint density at radius 3 is 1.11 bits per heavy atom. The van der Waals surface area contributed by atoms with Gasteiger partial charge in [-0.15, -0.1) is 0 Å². The number of carbonyl (C=O) groups is 2. The molecule has 0 saturated carbocycles. The molecule has 0 saturated heterocycles. The second kappa shape index (κ2) is 37.9. The van der Waals surface area contributed by atoms with Crippen LogP contribution < -0.4 is 0 Å². The van der Waals surface area contributed by atoms with Gasteiger partial charge in [0.15, 0.2) is 6.10 Å². The van der Waals surface area contributed by atoms with Gasteiger partial charge < -0.3 is 9.47 Å². The molecule has 4 heteroatoms. The smallest absolute Gasteiger partial charge is 0.306 e. The monoisotopic (exact) mass is 647 g/mol. The number of carbonyl (C=O) groups excluding carboxylic acids is 2. The molecule has 0 spiro atoms. The van der Waals surface area contributed by atoms with E-state index in [0.717, 1.165) is 25.7 Å². The van der Waals surface area contributed by atoms with Crippen LogP contribution in [0.2, 0.25) is 0 Å². The molecule has 0 heterocycles. The third-order valence-corrected chi connectivity index (χ3v) is 9.12. The van der Waals surface area contributed by atoms with E-state index >= 15 is 0 Å². The van der Waals surface area contributed by atoms with Gasteiger partial charge in [0.1, 0.15) is 6.61 Å². The molecular formula is C42H78O4. The van der Waals surface area contributed by atoms with Crippen molar-refractivity contribution < 1.29 is 19.1 Å². The van der Waals surface area contributed by atoms with Gasteiger partial charge in [0, 0.05) is 12.8 Å². The summed E-state index contributed by atoms with van der Waals surface area (Å²) < 4.78 is 11.1. The topological polar surface area (TPSA) is 52.6 Å². The Balaban J connectivity index is 3.71. The fourth-order valence-electron chi connectivity index (χ4n) is 6.09. The van der Waals surface area contributed by atoms with Crippen molar-refractivity contribution in [3.63, 3.8) is 0 Å². The predicted molar refractivity (Wildman–Crippen MR) is 199 cm³/mol. The molecule has 4 nitrogen and oxygen atoms in total. The summed E-state index contributed by atoms with van der Waals surface area (Å²) in [6.45, 7) is 8.33. The fraction of sp³-hybridized carbons (Fsp3) is 0.857. The van der Waals surface area contributed by atoms with Crippen LogP contribution in [0.25, 0.3) is 0 Å². The minimum atomic E-state index is -0.549. The fourth-order valence-corrected chi connectivity index (χ4v) is 6.09.